The molecule has 1 saturated carbocycles. The molecule has 1 fully saturated rings. The van der Waals surface area contributed by atoms with Gasteiger partial charge >= 0.3 is 0 Å². The zero-order chi connectivity index (χ0) is 14.3. The topological polar surface area (TPSA) is 12.0 Å². The number of benzene rings is 1. The van der Waals surface area contributed by atoms with Gasteiger partial charge in [0.05, 0.1) is 0 Å². The minimum Gasteiger partial charge on any atom is -0.313 e. The van der Waals surface area contributed by atoms with E-state index < -0.39 is 0 Å². The Hall–Kier alpha value is -0.820. The van der Waals surface area contributed by atoms with E-state index in [2.05, 4.69) is 71.2 Å². The predicted molar refractivity (Wildman–Crippen MR) is 83.4 cm³/mol. The second-order valence-electron chi connectivity index (χ2n) is 7.42. The summed E-state index contributed by atoms with van der Waals surface area (Å²) >= 11 is 0. The van der Waals surface area contributed by atoms with Crippen molar-refractivity contribution in [1.82, 2.24) is 5.32 Å². The van der Waals surface area contributed by atoms with E-state index in [1.54, 1.807) is 0 Å². The van der Waals surface area contributed by atoms with Crippen LogP contribution in [-0.2, 0) is 5.41 Å². The Labute approximate surface area is 118 Å². The first-order valence-corrected chi connectivity index (χ1v) is 7.59. The van der Waals surface area contributed by atoms with E-state index in [1.165, 1.54) is 24.0 Å². The molecule has 0 bridgehead atoms. The molecule has 1 aromatic carbocycles. The van der Waals surface area contributed by atoms with E-state index in [4.69, 9.17) is 0 Å². The fourth-order valence-electron chi connectivity index (χ4n) is 3.02. The van der Waals surface area contributed by atoms with Gasteiger partial charge in [-0.2, -0.15) is 0 Å². The molecule has 106 valence electrons. The Kier molecular flexibility index (Phi) is 3.79. The third-order valence-corrected chi connectivity index (χ3v) is 5.24. The lowest BCUT2D eigenvalue weighted by Crippen LogP contribution is -2.21. The molecule has 1 N–H and O–H groups in total. The Bertz CT molecular complexity index is 428. The quantitative estimate of drug-likeness (QED) is 0.809. The maximum atomic E-state index is 3.51. The molecular formula is C18H29N. The van der Waals surface area contributed by atoms with E-state index in [9.17, 15) is 0 Å². The molecule has 0 spiro atoms. The van der Waals surface area contributed by atoms with Gasteiger partial charge in [0, 0.05) is 6.04 Å². The molecule has 1 nitrogen and oxygen atoms in total. The highest BCUT2D eigenvalue weighted by Crippen LogP contribution is 2.57. The largest absolute Gasteiger partial charge is 0.313 e. The normalized spacial score (nSPS) is 23.2. The summed E-state index contributed by atoms with van der Waals surface area (Å²) in [5, 5.41) is 3.51. The summed E-state index contributed by atoms with van der Waals surface area (Å²) in [5.41, 5.74) is 3.68. The highest BCUT2D eigenvalue weighted by molar-refractivity contribution is 5.31. The van der Waals surface area contributed by atoms with Crippen LogP contribution in [-0.4, -0.2) is 7.05 Å². The molecule has 0 aliphatic heterocycles. The monoisotopic (exact) mass is 259 g/mol. The van der Waals surface area contributed by atoms with Crippen LogP contribution in [0.5, 0.6) is 0 Å². The third-order valence-electron chi connectivity index (χ3n) is 5.24. The molecule has 2 unspecified atom stereocenters. The lowest BCUT2D eigenvalue weighted by atomic mass is 9.81. The van der Waals surface area contributed by atoms with Gasteiger partial charge in [0.25, 0.3) is 0 Å². The molecule has 0 heterocycles. The van der Waals surface area contributed by atoms with Gasteiger partial charge in [0.15, 0.2) is 0 Å². The van der Waals surface area contributed by atoms with E-state index in [1.807, 2.05) is 0 Å². The maximum absolute atomic E-state index is 3.51. The molecule has 19 heavy (non-hydrogen) atoms. The molecule has 2 rings (SSSR count). The van der Waals surface area contributed by atoms with Gasteiger partial charge < -0.3 is 5.32 Å². The zero-order valence-electron chi connectivity index (χ0n) is 13.4. The number of hydrogen-bond donors (Lipinski definition) is 1. The minimum absolute atomic E-state index is 0.284. The molecule has 0 saturated heterocycles. The molecular weight excluding hydrogens is 230 g/mol. The summed E-state index contributed by atoms with van der Waals surface area (Å²) in [6.45, 7) is 11.6. The lowest BCUT2D eigenvalue weighted by molar-refractivity contribution is 0.440. The molecule has 0 aromatic heterocycles. The number of hydrogen-bond acceptors (Lipinski definition) is 1. The van der Waals surface area contributed by atoms with Crippen LogP contribution in [0.25, 0.3) is 0 Å². The summed E-state index contributed by atoms with van der Waals surface area (Å²) in [6, 6.07) is 9.79. The number of rotatable bonds is 5. The molecule has 2 atom stereocenters. The van der Waals surface area contributed by atoms with Gasteiger partial charge in [-0.1, -0.05) is 58.9 Å². The van der Waals surface area contributed by atoms with Crippen molar-refractivity contribution in [1.29, 1.82) is 0 Å². The van der Waals surface area contributed by atoms with Gasteiger partial charge in [-0.05, 0) is 47.8 Å². The van der Waals surface area contributed by atoms with E-state index in [0.29, 0.717) is 11.5 Å². The van der Waals surface area contributed by atoms with Crippen molar-refractivity contribution in [3.63, 3.8) is 0 Å². The lowest BCUT2D eigenvalue weighted by Gasteiger charge is -2.25. The van der Waals surface area contributed by atoms with Gasteiger partial charge in [-0.15, -0.1) is 0 Å². The van der Waals surface area contributed by atoms with Crippen molar-refractivity contribution < 1.29 is 0 Å². The zero-order valence-corrected chi connectivity index (χ0v) is 13.4. The Morgan fingerprint density at radius 2 is 1.79 bits per heavy atom. The van der Waals surface area contributed by atoms with Gasteiger partial charge in [0.1, 0.15) is 0 Å². The predicted octanol–water partition coefficient (Wildman–Crippen LogP) is 4.68. The molecule has 0 radical (unpaired) electrons. The SMILES string of the molecule is CCC(C)(C)c1ccc(C(NC)C2CC2(C)C)cc1. The maximum Gasteiger partial charge on any atom is 0.0351 e. The van der Waals surface area contributed by atoms with Crippen LogP contribution >= 0.6 is 0 Å². The van der Waals surface area contributed by atoms with Crippen LogP contribution < -0.4 is 5.32 Å². The van der Waals surface area contributed by atoms with E-state index in [-0.39, 0.29) is 5.41 Å². The van der Waals surface area contributed by atoms with Crippen molar-refractivity contribution in [2.75, 3.05) is 7.05 Å². The second-order valence-corrected chi connectivity index (χ2v) is 7.42. The summed E-state index contributed by atoms with van der Waals surface area (Å²) in [5.74, 6) is 0.780. The van der Waals surface area contributed by atoms with Crippen molar-refractivity contribution in [2.24, 2.45) is 11.3 Å². The molecule has 1 heteroatoms. The summed E-state index contributed by atoms with van der Waals surface area (Å²) in [7, 11) is 2.09. The van der Waals surface area contributed by atoms with Crippen LogP contribution in [0.4, 0.5) is 0 Å². The molecule has 0 amide bonds. The van der Waals surface area contributed by atoms with Crippen LogP contribution in [0, 0.1) is 11.3 Å². The van der Waals surface area contributed by atoms with Crippen LogP contribution in [0.2, 0.25) is 0 Å². The standard InChI is InChI=1S/C18H29N/c1-7-17(2,3)14-10-8-13(9-11-14)16(19-6)15-12-18(15,4)5/h8-11,15-16,19H,7,12H2,1-6H3. The molecule has 1 aromatic rings. The first-order chi connectivity index (χ1) is 8.81. The van der Waals surface area contributed by atoms with Crippen LogP contribution in [0.3, 0.4) is 0 Å². The minimum atomic E-state index is 0.284. The van der Waals surface area contributed by atoms with Gasteiger partial charge in [-0.3, -0.25) is 0 Å². The molecule has 1 aliphatic carbocycles. The van der Waals surface area contributed by atoms with Crippen molar-refractivity contribution in [2.45, 2.75) is 58.9 Å². The third kappa shape index (κ3) is 2.86. The fourth-order valence-corrected chi connectivity index (χ4v) is 3.02. The summed E-state index contributed by atoms with van der Waals surface area (Å²) in [4.78, 5) is 0. The van der Waals surface area contributed by atoms with Gasteiger partial charge in [0.2, 0.25) is 0 Å². The Morgan fingerprint density at radius 3 is 2.16 bits per heavy atom. The fraction of sp³-hybridized carbons (Fsp3) is 0.667. The van der Waals surface area contributed by atoms with Gasteiger partial charge in [-0.25, -0.2) is 0 Å². The summed E-state index contributed by atoms with van der Waals surface area (Å²) in [6.07, 6.45) is 2.51. The first-order valence-electron chi connectivity index (χ1n) is 7.59. The molecule has 1 aliphatic rings. The first kappa shape index (κ1) is 14.6. The highest BCUT2D eigenvalue weighted by atomic mass is 14.9. The van der Waals surface area contributed by atoms with Crippen molar-refractivity contribution in [3.05, 3.63) is 35.4 Å². The average Bonchev–Trinajstić information content (AvgIpc) is 3.00. The van der Waals surface area contributed by atoms with E-state index >= 15 is 0 Å². The van der Waals surface area contributed by atoms with Crippen molar-refractivity contribution >= 4 is 0 Å². The van der Waals surface area contributed by atoms with Crippen LogP contribution in [0.15, 0.2) is 24.3 Å². The van der Waals surface area contributed by atoms with E-state index in [0.717, 1.165) is 5.92 Å². The Morgan fingerprint density at radius 1 is 1.26 bits per heavy atom. The average molecular weight is 259 g/mol. The smallest absolute Gasteiger partial charge is 0.0351 e. The number of nitrogens with one attached hydrogen (secondary N) is 1. The van der Waals surface area contributed by atoms with Crippen LogP contribution in [0.1, 0.15) is 64.6 Å². The Balaban J connectivity index is 2.18. The highest BCUT2D eigenvalue weighted by Gasteiger charge is 2.49. The summed E-state index contributed by atoms with van der Waals surface area (Å²) < 4.78 is 0. The van der Waals surface area contributed by atoms with Crippen molar-refractivity contribution in [3.8, 4) is 0 Å². The second kappa shape index (κ2) is 4.94.